The third-order valence-corrected chi connectivity index (χ3v) is 3.20. The molecular weight excluding hydrogens is 228 g/mol. The van der Waals surface area contributed by atoms with Gasteiger partial charge in [-0.3, -0.25) is 4.79 Å². The van der Waals surface area contributed by atoms with Gasteiger partial charge in [-0.1, -0.05) is 23.4 Å². The number of aromatic nitrogens is 1. The van der Waals surface area contributed by atoms with Crippen molar-refractivity contribution in [1.82, 2.24) is 5.16 Å². The molecule has 3 rings (SSSR count). The largest absolute Gasteiger partial charge is 0.361 e. The number of amides is 1. The van der Waals surface area contributed by atoms with Gasteiger partial charge in [0.15, 0.2) is 0 Å². The van der Waals surface area contributed by atoms with E-state index in [1.165, 1.54) is 5.56 Å². The summed E-state index contributed by atoms with van der Waals surface area (Å²) in [5.41, 5.74) is 2.96. The molecule has 0 saturated carbocycles. The SMILES string of the molecule is Cc1cc(CC(=O)N2CCc3ccccc32)no1. The molecule has 0 bridgehead atoms. The quantitative estimate of drug-likeness (QED) is 0.810. The van der Waals surface area contributed by atoms with Crippen LogP contribution in [-0.4, -0.2) is 17.6 Å². The minimum Gasteiger partial charge on any atom is -0.361 e. The fourth-order valence-electron chi connectivity index (χ4n) is 2.35. The van der Waals surface area contributed by atoms with Crippen molar-refractivity contribution in [2.75, 3.05) is 11.4 Å². The summed E-state index contributed by atoms with van der Waals surface area (Å²) in [6.45, 7) is 2.58. The molecule has 2 aromatic rings. The van der Waals surface area contributed by atoms with Gasteiger partial charge in [0.05, 0.1) is 12.1 Å². The summed E-state index contributed by atoms with van der Waals surface area (Å²) < 4.78 is 4.98. The standard InChI is InChI=1S/C14H14N2O2/c1-10-8-12(15-18-10)9-14(17)16-7-6-11-4-2-3-5-13(11)16/h2-5,8H,6-7,9H2,1H3. The summed E-state index contributed by atoms with van der Waals surface area (Å²) in [7, 11) is 0. The van der Waals surface area contributed by atoms with E-state index in [1.54, 1.807) is 6.07 Å². The van der Waals surface area contributed by atoms with Crippen LogP contribution in [0.2, 0.25) is 0 Å². The van der Waals surface area contributed by atoms with Crippen LogP contribution in [0.1, 0.15) is 17.0 Å². The number of nitrogens with zero attached hydrogens (tertiary/aromatic N) is 2. The molecule has 0 unspecified atom stereocenters. The van der Waals surface area contributed by atoms with Crippen LogP contribution >= 0.6 is 0 Å². The predicted octanol–water partition coefficient (Wildman–Crippen LogP) is 2.11. The van der Waals surface area contributed by atoms with Crippen LogP contribution < -0.4 is 4.90 Å². The van der Waals surface area contributed by atoms with Gasteiger partial charge >= 0.3 is 0 Å². The van der Waals surface area contributed by atoms with Crippen LogP contribution in [0.4, 0.5) is 5.69 Å². The van der Waals surface area contributed by atoms with E-state index in [1.807, 2.05) is 30.0 Å². The minimum absolute atomic E-state index is 0.0771. The van der Waals surface area contributed by atoms with Gasteiger partial charge in [0.2, 0.25) is 5.91 Å². The lowest BCUT2D eigenvalue weighted by molar-refractivity contribution is -0.118. The topological polar surface area (TPSA) is 46.3 Å². The number of aryl methyl sites for hydroxylation is 1. The van der Waals surface area contributed by atoms with E-state index in [2.05, 4.69) is 11.2 Å². The molecule has 1 aliphatic rings. The molecule has 1 aromatic carbocycles. The Kier molecular flexibility index (Phi) is 2.63. The monoisotopic (exact) mass is 242 g/mol. The van der Waals surface area contributed by atoms with E-state index in [0.29, 0.717) is 12.1 Å². The molecule has 0 N–H and O–H groups in total. The highest BCUT2D eigenvalue weighted by atomic mass is 16.5. The van der Waals surface area contributed by atoms with Crippen molar-refractivity contribution in [2.24, 2.45) is 0 Å². The highest BCUT2D eigenvalue weighted by Crippen LogP contribution is 2.27. The van der Waals surface area contributed by atoms with E-state index >= 15 is 0 Å². The summed E-state index contributed by atoms with van der Waals surface area (Å²) in [6.07, 6.45) is 1.23. The first-order chi connectivity index (χ1) is 8.74. The average Bonchev–Trinajstić information content (AvgIpc) is 2.95. The molecule has 0 aliphatic carbocycles. The second-order valence-electron chi connectivity index (χ2n) is 4.53. The van der Waals surface area contributed by atoms with Crippen molar-refractivity contribution < 1.29 is 9.32 Å². The molecule has 18 heavy (non-hydrogen) atoms. The number of benzene rings is 1. The Bertz CT molecular complexity index is 589. The van der Waals surface area contributed by atoms with E-state index in [-0.39, 0.29) is 5.91 Å². The first-order valence-electron chi connectivity index (χ1n) is 6.04. The Morgan fingerprint density at radius 2 is 2.28 bits per heavy atom. The van der Waals surface area contributed by atoms with Crippen molar-refractivity contribution in [2.45, 2.75) is 19.8 Å². The summed E-state index contributed by atoms with van der Waals surface area (Å²) in [5, 5.41) is 3.86. The number of fused-ring (bicyclic) bond motifs is 1. The van der Waals surface area contributed by atoms with Gasteiger partial charge in [0, 0.05) is 18.3 Å². The predicted molar refractivity (Wildman–Crippen MR) is 67.4 cm³/mol. The normalized spacial score (nSPS) is 13.7. The smallest absolute Gasteiger partial charge is 0.233 e. The zero-order chi connectivity index (χ0) is 12.5. The number of anilines is 1. The van der Waals surface area contributed by atoms with E-state index < -0.39 is 0 Å². The van der Waals surface area contributed by atoms with Crippen LogP contribution in [0.15, 0.2) is 34.9 Å². The molecule has 1 aliphatic heterocycles. The van der Waals surface area contributed by atoms with Crippen molar-refractivity contribution >= 4 is 11.6 Å². The molecule has 2 heterocycles. The fourth-order valence-corrected chi connectivity index (χ4v) is 2.35. The third kappa shape index (κ3) is 1.90. The van der Waals surface area contributed by atoms with Crippen LogP contribution in [0.25, 0.3) is 0 Å². The fraction of sp³-hybridized carbons (Fsp3) is 0.286. The molecule has 0 spiro atoms. The van der Waals surface area contributed by atoms with Gasteiger partial charge in [-0.15, -0.1) is 0 Å². The summed E-state index contributed by atoms with van der Waals surface area (Å²) in [6, 6.07) is 9.84. The van der Waals surface area contributed by atoms with Gasteiger partial charge in [-0.2, -0.15) is 0 Å². The Balaban J connectivity index is 1.78. The van der Waals surface area contributed by atoms with Crippen molar-refractivity contribution in [3.63, 3.8) is 0 Å². The lowest BCUT2D eigenvalue weighted by Gasteiger charge is -2.16. The number of hydrogen-bond donors (Lipinski definition) is 0. The Morgan fingerprint density at radius 1 is 1.44 bits per heavy atom. The highest BCUT2D eigenvalue weighted by molar-refractivity contribution is 5.96. The average molecular weight is 242 g/mol. The lowest BCUT2D eigenvalue weighted by Crippen LogP contribution is -2.30. The molecule has 0 atom stereocenters. The first-order valence-corrected chi connectivity index (χ1v) is 6.04. The molecule has 1 aromatic heterocycles. The van der Waals surface area contributed by atoms with Gasteiger partial charge in [-0.25, -0.2) is 0 Å². The zero-order valence-electron chi connectivity index (χ0n) is 10.2. The highest BCUT2D eigenvalue weighted by Gasteiger charge is 2.24. The van der Waals surface area contributed by atoms with E-state index in [0.717, 1.165) is 24.4 Å². The number of rotatable bonds is 2. The first kappa shape index (κ1) is 11.0. The van der Waals surface area contributed by atoms with Crippen molar-refractivity contribution in [1.29, 1.82) is 0 Å². The second kappa shape index (κ2) is 4.29. The molecule has 4 nitrogen and oxygen atoms in total. The van der Waals surface area contributed by atoms with Gasteiger partial charge < -0.3 is 9.42 Å². The third-order valence-electron chi connectivity index (χ3n) is 3.20. The van der Waals surface area contributed by atoms with Crippen LogP contribution in [0.3, 0.4) is 0 Å². The van der Waals surface area contributed by atoms with E-state index in [9.17, 15) is 4.79 Å². The van der Waals surface area contributed by atoms with E-state index in [4.69, 9.17) is 4.52 Å². The Morgan fingerprint density at radius 3 is 3.06 bits per heavy atom. The molecule has 92 valence electrons. The number of hydrogen-bond acceptors (Lipinski definition) is 3. The van der Waals surface area contributed by atoms with Gasteiger partial charge in [-0.05, 0) is 25.0 Å². The van der Waals surface area contributed by atoms with Crippen LogP contribution in [0.5, 0.6) is 0 Å². The van der Waals surface area contributed by atoms with Gasteiger partial charge in [0.25, 0.3) is 0 Å². The summed E-state index contributed by atoms with van der Waals surface area (Å²) in [5.74, 6) is 0.813. The van der Waals surface area contributed by atoms with Crippen LogP contribution in [0, 0.1) is 6.92 Å². The zero-order valence-corrected chi connectivity index (χ0v) is 10.2. The molecule has 0 saturated heterocycles. The molecule has 0 radical (unpaired) electrons. The maximum absolute atomic E-state index is 12.2. The summed E-state index contributed by atoms with van der Waals surface area (Å²) >= 11 is 0. The number of carbonyl (C=O) groups excluding carboxylic acids is 1. The Labute approximate surface area is 105 Å². The molecule has 1 amide bonds. The Hall–Kier alpha value is -2.10. The molecule has 0 fully saturated rings. The maximum atomic E-state index is 12.2. The maximum Gasteiger partial charge on any atom is 0.233 e. The van der Waals surface area contributed by atoms with Crippen LogP contribution in [-0.2, 0) is 17.6 Å². The van der Waals surface area contributed by atoms with Gasteiger partial charge in [0.1, 0.15) is 5.76 Å². The second-order valence-corrected chi connectivity index (χ2v) is 4.53. The number of para-hydroxylation sites is 1. The molecular formula is C14H14N2O2. The number of carbonyl (C=O) groups is 1. The van der Waals surface area contributed by atoms with Crippen molar-refractivity contribution in [3.05, 3.63) is 47.3 Å². The van der Waals surface area contributed by atoms with Crippen molar-refractivity contribution in [3.8, 4) is 0 Å². The minimum atomic E-state index is 0.0771. The summed E-state index contributed by atoms with van der Waals surface area (Å²) in [4.78, 5) is 14.1. The lowest BCUT2D eigenvalue weighted by atomic mass is 10.2. The molecule has 4 heteroatoms.